The maximum atomic E-state index is 4.37. The lowest BCUT2D eigenvalue weighted by molar-refractivity contribution is 0.595. The molecule has 1 aromatic heterocycles. The van der Waals surface area contributed by atoms with E-state index in [1.807, 2.05) is 18.7 Å². The first-order chi connectivity index (χ1) is 9.51. The van der Waals surface area contributed by atoms with Gasteiger partial charge >= 0.3 is 0 Å². The first-order valence-corrected chi connectivity index (χ1v) is 8.33. The largest absolute Gasteiger partial charge is 0.310 e. The summed E-state index contributed by atoms with van der Waals surface area (Å²) < 4.78 is 3.07. The highest BCUT2D eigenvalue weighted by molar-refractivity contribution is 9.10. The van der Waals surface area contributed by atoms with E-state index in [0.29, 0.717) is 6.04 Å². The minimum absolute atomic E-state index is 0.354. The van der Waals surface area contributed by atoms with Crippen molar-refractivity contribution in [1.29, 1.82) is 0 Å². The minimum Gasteiger partial charge on any atom is -0.310 e. The summed E-state index contributed by atoms with van der Waals surface area (Å²) in [6, 6.07) is 8.99. The first kappa shape index (κ1) is 15.6. The zero-order valence-corrected chi connectivity index (χ0v) is 14.7. The Morgan fingerprint density at radius 2 is 2.15 bits per heavy atom. The van der Waals surface area contributed by atoms with Crippen LogP contribution >= 0.6 is 27.7 Å². The summed E-state index contributed by atoms with van der Waals surface area (Å²) in [4.78, 5) is 1.22. The molecule has 0 spiro atoms. The van der Waals surface area contributed by atoms with Crippen LogP contribution in [-0.4, -0.2) is 16.3 Å². The number of aryl methyl sites for hydroxylation is 2. The zero-order valence-electron chi connectivity index (χ0n) is 12.3. The van der Waals surface area contributed by atoms with Crippen molar-refractivity contribution < 1.29 is 0 Å². The summed E-state index contributed by atoms with van der Waals surface area (Å²) in [5.74, 6) is 0. The topological polar surface area (TPSA) is 29.9 Å². The van der Waals surface area contributed by atoms with E-state index in [0.717, 1.165) is 21.7 Å². The van der Waals surface area contributed by atoms with Crippen molar-refractivity contribution in [3.63, 3.8) is 0 Å². The molecule has 1 aromatic carbocycles. The third kappa shape index (κ3) is 3.65. The summed E-state index contributed by atoms with van der Waals surface area (Å²) in [5, 5.41) is 8.96. The number of hydrogen-bond acceptors (Lipinski definition) is 3. The highest BCUT2D eigenvalue weighted by Gasteiger charge is 2.10. The fraction of sp³-hybridized carbons (Fsp3) is 0.400. The van der Waals surface area contributed by atoms with Gasteiger partial charge in [-0.3, -0.25) is 4.68 Å². The first-order valence-electron chi connectivity index (χ1n) is 6.72. The second kappa shape index (κ2) is 6.78. The van der Waals surface area contributed by atoms with E-state index in [9.17, 15) is 0 Å². The minimum atomic E-state index is 0.354. The van der Waals surface area contributed by atoms with Gasteiger partial charge in [-0.1, -0.05) is 40.7 Å². The smallest absolute Gasteiger partial charge is 0.0986 e. The highest BCUT2D eigenvalue weighted by Crippen LogP contribution is 2.32. The number of nitrogens with one attached hydrogen (secondary N) is 1. The summed E-state index contributed by atoms with van der Waals surface area (Å²) in [6.07, 6.45) is 0. The van der Waals surface area contributed by atoms with E-state index in [2.05, 4.69) is 64.5 Å². The fourth-order valence-electron chi connectivity index (χ4n) is 2.14. The normalized spacial score (nSPS) is 12.7. The van der Waals surface area contributed by atoms with Gasteiger partial charge in [-0.05, 0) is 44.2 Å². The van der Waals surface area contributed by atoms with E-state index >= 15 is 0 Å². The molecule has 0 aliphatic heterocycles. The van der Waals surface area contributed by atoms with Crippen LogP contribution in [0.25, 0.3) is 0 Å². The van der Waals surface area contributed by atoms with Gasteiger partial charge in [0.2, 0.25) is 0 Å². The summed E-state index contributed by atoms with van der Waals surface area (Å²) in [7, 11) is 1.98. The van der Waals surface area contributed by atoms with Crippen LogP contribution in [0.5, 0.6) is 0 Å². The van der Waals surface area contributed by atoms with Crippen LogP contribution in [0.2, 0.25) is 0 Å². The molecule has 108 valence electrons. The van der Waals surface area contributed by atoms with Gasteiger partial charge < -0.3 is 5.32 Å². The van der Waals surface area contributed by atoms with Gasteiger partial charge in [-0.25, -0.2) is 0 Å². The second-order valence-electron chi connectivity index (χ2n) is 4.81. The van der Waals surface area contributed by atoms with Gasteiger partial charge in [0.1, 0.15) is 0 Å². The van der Waals surface area contributed by atoms with Crippen LogP contribution in [-0.2, 0) is 7.05 Å². The maximum Gasteiger partial charge on any atom is 0.0986 e. The average molecular weight is 354 g/mol. The Balaban J connectivity index is 2.19. The van der Waals surface area contributed by atoms with Gasteiger partial charge in [0.05, 0.1) is 10.7 Å². The molecule has 2 aromatic rings. The number of halogens is 1. The molecule has 0 saturated carbocycles. The number of nitrogens with zero attached hydrogens (tertiary/aromatic N) is 2. The summed E-state index contributed by atoms with van der Waals surface area (Å²) >= 11 is 5.41. The second-order valence-corrected chi connectivity index (χ2v) is 6.76. The molecule has 0 aliphatic carbocycles. The molecular weight excluding hydrogens is 334 g/mol. The van der Waals surface area contributed by atoms with Crippen LogP contribution in [0.15, 0.2) is 38.7 Å². The van der Waals surface area contributed by atoms with Crippen molar-refractivity contribution in [2.24, 2.45) is 7.05 Å². The number of hydrogen-bond donors (Lipinski definition) is 1. The molecule has 3 nitrogen and oxygen atoms in total. The van der Waals surface area contributed by atoms with Crippen molar-refractivity contribution >= 4 is 27.7 Å². The Labute approximate surface area is 133 Å². The predicted octanol–water partition coefficient (Wildman–Crippen LogP) is 4.31. The van der Waals surface area contributed by atoms with Crippen molar-refractivity contribution in [2.45, 2.75) is 36.7 Å². The van der Waals surface area contributed by atoms with E-state index in [1.54, 1.807) is 11.8 Å². The molecule has 1 unspecified atom stereocenters. The predicted molar refractivity (Wildman–Crippen MR) is 88.3 cm³/mol. The van der Waals surface area contributed by atoms with Crippen LogP contribution in [0, 0.1) is 6.92 Å². The highest BCUT2D eigenvalue weighted by atomic mass is 79.9. The molecule has 5 heteroatoms. The average Bonchev–Trinajstić information content (AvgIpc) is 2.68. The van der Waals surface area contributed by atoms with Gasteiger partial charge in [0.15, 0.2) is 0 Å². The molecule has 1 N–H and O–H groups in total. The van der Waals surface area contributed by atoms with E-state index in [4.69, 9.17) is 0 Å². The Morgan fingerprint density at radius 3 is 2.70 bits per heavy atom. The monoisotopic (exact) mass is 353 g/mol. The molecule has 0 bridgehead atoms. The van der Waals surface area contributed by atoms with Gasteiger partial charge in [0.25, 0.3) is 0 Å². The Morgan fingerprint density at radius 1 is 1.40 bits per heavy atom. The molecule has 20 heavy (non-hydrogen) atoms. The molecule has 0 fully saturated rings. The van der Waals surface area contributed by atoms with Crippen LogP contribution in [0.4, 0.5) is 0 Å². The Hall–Kier alpha value is -0.780. The maximum absolute atomic E-state index is 4.37. The van der Waals surface area contributed by atoms with Crippen molar-refractivity contribution in [3.05, 3.63) is 40.0 Å². The summed E-state index contributed by atoms with van der Waals surface area (Å²) in [6.45, 7) is 7.29. The van der Waals surface area contributed by atoms with E-state index < -0.39 is 0 Å². The third-order valence-corrected chi connectivity index (χ3v) is 4.90. The zero-order chi connectivity index (χ0) is 14.7. The Bertz CT molecular complexity index is 595. The molecule has 1 atom stereocenters. The quantitative estimate of drug-likeness (QED) is 0.868. The molecule has 1 heterocycles. The van der Waals surface area contributed by atoms with Gasteiger partial charge in [-0.2, -0.15) is 5.10 Å². The van der Waals surface area contributed by atoms with Crippen LogP contribution in [0.1, 0.15) is 31.1 Å². The Kier molecular flexibility index (Phi) is 5.29. The lowest BCUT2D eigenvalue weighted by Crippen LogP contribution is -2.18. The molecular formula is C15H20BrN3S. The van der Waals surface area contributed by atoms with Crippen LogP contribution in [0.3, 0.4) is 0 Å². The van der Waals surface area contributed by atoms with E-state index in [1.165, 1.54) is 10.5 Å². The van der Waals surface area contributed by atoms with E-state index in [-0.39, 0.29) is 0 Å². The standard InChI is InChI=1S/C15H20BrN3S/c1-5-17-11(3)13-7-6-12(9-14(13)16)20-15-8-10(2)18-19(15)4/h6-9,11,17H,5H2,1-4H3. The van der Waals surface area contributed by atoms with Crippen molar-refractivity contribution in [1.82, 2.24) is 15.1 Å². The number of aromatic nitrogens is 2. The van der Waals surface area contributed by atoms with Gasteiger partial charge in [-0.15, -0.1) is 0 Å². The fourth-order valence-corrected chi connectivity index (χ4v) is 3.97. The van der Waals surface area contributed by atoms with Gasteiger partial charge in [0, 0.05) is 22.5 Å². The molecule has 0 amide bonds. The lowest BCUT2D eigenvalue weighted by atomic mass is 10.1. The molecule has 2 rings (SSSR count). The number of rotatable bonds is 5. The summed E-state index contributed by atoms with van der Waals surface area (Å²) in [5.41, 5.74) is 2.34. The SMILES string of the molecule is CCNC(C)c1ccc(Sc2cc(C)nn2C)cc1Br. The molecule has 0 saturated heterocycles. The number of benzene rings is 1. The molecule has 0 aliphatic rings. The van der Waals surface area contributed by atoms with Crippen LogP contribution < -0.4 is 5.32 Å². The third-order valence-electron chi connectivity index (χ3n) is 3.13. The van der Waals surface area contributed by atoms with Crippen molar-refractivity contribution in [2.75, 3.05) is 6.54 Å². The lowest BCUT2D eigenvalue weighted by Gasteiger charge is -2.15. The van der Waals surface area contributed by atoms with Crippen molar-refractivity contribution in [3.8, 4) is 0 Å². The molecule has 0 radical (unpaired) electrons.